The second-order valence-electron chi connectivity index (χ2n) is 6.31. The SMILES string of the molecule is Cc1[nH]ncc1CCCN=C(N)N1CCN(c2ccc(Cl)cc2)CC1. The largest absolute Gasteiger partial charge is 0.370 e. The normalized spacial score (nSPS) is 15.7. The topological polar surface area (TPSA) is 73.5 Å². The van der Waals surface area contributed by atoms with E-state index in [9.17, 15) is 0 Å². The number of guanidine groups is 1. The van der Waals surface area contributed by atoms with E-state index in [1.165, 1.54) is 11.3 Å². The van der Waals surface area contributed by atoms with Crippen molar-refractivity contribution in [1.82, 2.24) is 15.1 Å². The molecule has 0 spiro atoms. The summed E-state index contributed by atoms with van der Waals surface area (Å²) in [6, 6.07) is 7.99. The first-order chi connectivity index (χ1) is 12.1. The predicted molar refractivity (Wildman–Crippen MR) is 103 cm³/mol. The Morgan fingerprint density at radius 3 is 2.60 bits per heavy atom. The van der Waals surface area contributed by atoms with Gasteiger partial charge >= 0.3 is 0 Å². The van der Waals surface area contributed by atoms with Crippen molar-refractivity contribution in [2.75, 3.05) is 37.6 Å². The number of aromatic amines is 1. The van der Waals surface area contributed by atoms with Gasteiger partial charge in [0.15, 0.2) is 5.96 Å². The summed E-state index contributed by atoms with van der Waals surface area (Å²) >= 11 is 5.95. The number of nitrogens with zero attached hydrogens (tertiary/aromatic N) is 4. The molecule has 1 fully saturated rings. The Kier molecular flexibility index (Phi) is 5.81. The number of hydrogen-bond donors (Lipinski definition) is 2. The summed E-state index contributed by atoms with van der Waals surface area (Å²) < 4.78 is 0. The molecule has 0 amide bonds. The first kappa shape index (κ1) is 17.6. The number of halogens is 1. The van der Waals surface area contributed by atoms with Gasteiger partial charge in [-0.25, -0.2) is 0 Å². The summed E-state index contributed by atoms with van der Waals surface area (Å²) in [5, 5.41) is 7.77. The molecule has 25 heavy (non-hydrogen) atoms. The van der Waals surface area contributed by atoms with Gasteiger partial charge in [-0.05, 0) is 49.6 Å². The zero-order valence-electron chi connectivity index (χ0n) is 14.6. The van der Waals surface area contributed by atoms with E-state index in [2.05, 4.69) is 37.1 Å². The van der Waals surface area contributed by atoms with E-state index in [-0.39, 0.29) is 0 Å². The maximum Gasteiger partial charge on any atom is 0.191 e. The molecule has 2 heterocycles. The Hall–Kier alpha value is -2.21. The molecule has 0 radical (unpaired) electrons. The van der Waals surface area contributed by atoms with Crippen molar-refractivity contribution in [1.29, 1.82) is 0 Å². The number of piperazine rings is 1. The minimum Gasteiger partial charge on any atom is -0.370 e. The van der Waals surface area contributed by atoms with Gasteiger partial charge in [0.25, 0.3) is 0 Å². The lowest BCUT2D eigenvalue weighted by Crippen LogP contribution is -2.51. The van der Waals surface area contributed by atoms with Crippen molar-refractivity contribution in [3.8, 4) is 0 Å². The summed E-state index contributed by atoms with van der Waals surface area (Å²) in [5.74, 6) is 0.652. The zero-order valence-corrected chi connectivity index (χ0v) is 15.3. The molecule has 0 aliphatic carbocycles. The molecule has 1 saturated heterocycles. The van der Waals surface area contributed by atoms with Gasteiger partial charge in [0.2, 0.25) is 0 Å². The highest BCUT2D eigenvalue weighted by Gasteiger charge is 2.18. The summed E-state index contributed by atoms with van der Waals surface area (Å²) in [4.78, 5) is 9.05. The summed E-state index contributed by atoms with van der Waals surface area (Å²) in [7, 11) is 0. The number of aryl methyl sites for hydroxylation is 2. The lowest BCUT2D eigenvalue weighted by atomic mass is 10.1. The van der Waals surface area contributed by atoms with Gasteiger partial charge in [-0.15, -0.1) is 0 Å². The number of aromatic nitrogens is 2. The van der Waals surface area contributed by atoms with Crippen molar-refractivity contribution < 1.29 is 0 Å². The number of hydrogen-bond acceptors (Lipinski definition) is 3. The molecule has 134 valence electrons. The van der Waals surface area contributed by atoms with Crippen molar-refractivity contribution in [2.24, 2.45) is 10.7 Å². The van der Waals surface area contributed by atoms with E-state index in [0.717, 1.165) is 56.3 Å². The van der Waals surface area contributed by atoms with Crippen LogP contribution in [0.1, 0.15) is 17.7 Å². The third-order valence-corrected chi connectivity index (χ3v) is 4.86. The average Bonchev–Trinajstić information content (AvgIpc) is 3.04. The maximum atomic E-state index is 6.16. The predicted octanol–water partition coefficient (Wildman–Crippen LogP) is 2.44. The van der Waals surface area contributed by atoms with Crippen LogP contribution in [0.5, 0.6) is 0 Å². The number of nitrogens with two attached hydrogens (primary N) is 1. The number of benzene rings is 1. The number of rotatable bonds is 5. The molecule has 3 N–H and O–H groups in total. The molecule has 0 saturated carbocycles. The maximum absolute atomic E-state index is 6.16. The van der Waals surface area contributed by atoms with Crippen molar-refractivity contribution >= 4 is 23.2 Å². The molecule has 2 aromatic rings. The molecule has 1 aromatic heterocycles. The van der Waals surface area contributed by atoms with Crippen LogP contribution >= 0.6 is 11.6 Å². The fraction of sp³-hybridized carbons (Fsp3) is 0.444. The zero-order chi connectivity index (χ0) is 17.6. The van der Waals surface area contributed by atoms with Crippen LogP contribution in [-0.4, -0.2) is 53.8 Å². The third kappa shape index (κ3) is 4.66. The lowest BCUT2D eigenvalue weighted by Gasteiger charge is -2.36. The smallest absolute Gasteiger partial charge is 0.191 e. The summed E-state index contributed by atoms with van der Waals surface area (Å²) in [5.41, 5.74) is 9.76. The molecule has 0 bridgehead atoms. The molecule has 6 nitrogen and oxygen atoms in total. The Morgan fingerprint density at radius 2 is 1.96 bits per heavy atom. The van der Waals surface area contributed by atoms with Crippen LogP contribution in [0.15, 0.2) is 35.5 Å². The molecule has 3 rings (SSSR count). The minimum atomic E-state index is 0.652. The van der Waals surface area contributed by atoms with Crippen LogP contribution in [0.2, 0.25) is 5.02 Å². The van der Waals surface area contributed by atoms with E-state index >= 15 is 0 Å². The molecule has 1 aromatic carbocycles. The van der Waals surface area contributed by atoms with Crippen LogP contribution in [0, 0.1) is 6.92 Å². The highest BCUT2D eigenvalue weighted by atomic mass is 35.5. The quantitative estimate of drug-likeness (QED) is 0.488. The molecule has 0 unspecified atom stereocenters. The monoisotopic (exact) mass is 360 g/mol. The first-order valence-corrected chi connectivity index (χ1v) is 9.05. The summed E-state index contributed by atoms with van der Waals surface area (Å²) in [6.45, 7) is 6.43. The first-order valence-electron chi connectivity index (χ1n) is 8.68. The Morgan fingerprint density at radius 1 is 1.24 bits per heavy atom. The molecule has 7 heteroatoms. The molecular formula is C18H25ClN6. The average molecular weight is 361 g/mol. The van der Waals surface area contributed by atoms with Crippen LogP contribution in [0.4, 0.5) is 5.69 Å². The van der Waals surface area contributed by atoms with E-state index in [0.29, 0.717) is 5.96 Å². The van der Waals surface area contributed by atoms with Crippen molar-refractivity contribution in [3.05, 3.63) is 46.7 Å². The number of H-pyrrole nitrogens is 1. The van der Waals surface area contributed by atoms with Gasteiger partial charge in [-0.3, -0.25) is 10.1 Å². The van der Waals surface area contributed by atoms with E-state index in [1.54, 1.807) is 0 Å². The molecule has 0 atom stereocenters. The van der Waals surface area contributed by atoms with Gasteiger partial charge in [0.05, 0.1) is 6.20 Å². The standard InChI is InChI=1S/C18H25ClN6/c1-14-15(13-22-23-14)3-2-8-21-18(20)25-11-9-24(10-12-25)17-6-4-16(19)5-7-17/h4-7,13H,2-3,8-12H2,1H3,(H2,20,21)(H,22,23). The van der Waals surface area contributed by atoms with Gasteiger partial charge in [0, 0.05) is 49.1 Å². The number of aliphatic imine (C=N–C) groups is 1. The summed E-state index contributed by atoms with van der Waals surface area (Å²) in [6.07, 6.45) is 3.84. The lowest BCUT2D eigenvalue weighted by molar-refractivity contribution is 0.380. The number of nitrogens with one attached hydrogen (secondary N) is 1. The second-order valence-corrected chi connectivity index (χ2v) is 6.75. The fourth-order valence-electron chi connectivity index (χ4n) is 3.04. The van der Waals surface area contributed by atoms with Gasteiger partial charge in [-0.2, -0.15) is 5.10 Å². The molecule has 1 aliphatic heterocycles. The van der Waals surface area contributed by atoms with E-state index < -0.39 is 0 Å². The fourth-order valence-corrected chi connectivity index (χ4v) is 3.16. The second kappa shape index (κ2) is 8.25. The van der Waals surface area contributed by atoms with E-state index in [4.69, 9.17) is 17.3 Å². The Balaban J connectivity index is 1.43. The third-order valence-electron chi connectivity index (χ3n) is 4.61. The Labute approximate surface area is 153 Å². The van der Waals surface area contributed by atoms with Crippen molar-refractivity contribution in [2.45, 2.75) is 19.8 Å². The van der Waals surface area contributed by atoms with Crippen LogP contribution in [0.25, 0.3) is 0 Å². The highest BCUT2D eigenvalue weighted by Crippen LogP contribution is 2.19. The van der Waals surface area contributed by atoms with Crippen LogP contribution < -0.4 is 10.6 Å². The van der Waals surface area contributed by atoms with Gasteiger partial charge in [0.1, 0.15) is 0 Å². The molecule has 1 aliphatic rings. The molecular weight excluding hydrogens is 336 g/mol. The van der Waals surface area contributed by atoms with Crippen LogP contribution in [-0.2, 0) is 6.42 Å². The van der Waals surface area contributed by atoms with Crippen LogP contribution in [0.3, 0.4) is 0 Å². The van der Waals surface area contributed by atoms with Gasteiger partial charge in [-0.1, -0.05) is 11.6 Å². The Bertz CT molecular complexity index is 701. The van der Waals surface area contributed by atoms with E-state index in [1.807, 2.05) is 25.3 Å². The van der Waals surface area contributed by atoms with Crippen molar-refractivity contribution in [3.63, 3.8) is 0 Å². The number of anilines is 1. The minimum absolute atomic E-state index is 0.652. The highest BCUT2D eigenvalue weighted by molar-refractivity contribution is 6.30. The van der Waals surface area contributed by atoms with Gasteiger partial charge < -0.3 is 15.5 Å².